The first-order valence-electron chi connectivity index (χ1n) is 12.9. The molecule has 1 aliphatic heterocycles. The van der Waals surface area contributed by atoms with E-state index in [1.165, 1.54) is 12.1 Å². The van der Waals surface area contributed by atoms with E-state index >= 15 is 0 Å². The van der Waals surface area contributed by atoms with Gasteiger partial charge in [0, 0.05) is 6.61 Å². The Hall–Kier alpha value is -2.63. The molecular formula is C27H30Cl2F3N3O5. The van der Waals surface area contributed by atoms with Crippen LogP contribution < -0.4 is 0 Å². The van der Waals surface area contributed by atoms with Crippen molar-refractivity contribution in [3.05, 3.63) is 51.3 Å². The zero-order valence-electron chi connectivity index (χ0n) is 22.1. The maximum absolute atomic E-state index is 14.5. The molecule has 13 heteroatoms. The number of aliphatic carboxylic acids is 1. The quantitative estimate of drug-likeness (QED) is 0.355. The lowest BCUT2D eigenvalue weighted by Crippen LogP contribution is -2.46. The number of amides is 1. The Labute approximate surface area is 239 Å². The van der Waals surface area contributed by atoms with Crippen LogP contribution in [-0.4, -0.2) is 62.7 Å². The van der Waals surface area contributed by atoms with E-state index in [2.05, 4.69) is 5.10 Å². The molecular weight excluding hydrogens is 574 g/mol. The monoisotopic (exact) mass is 603 g/mol. The molecule has 1 aromatic carbocycles. The molecule has 2 heterocycles. The van der Waals surface area contributed by atoms with Gasteiger partial charge in [0.25, 0.3) is 5.91 Å². The van der Waals surface area contributed by atoms with Crippen LogP contribution in [0.2, 0.25) is 10.0 Å². The lowest BCUT2D eigenvalue weighted by Gasteiger charge is -2.35. The fraction of sp³-hybridized carbons (Fsp3) is 0.556. The molecule has 2 aromatic rings. The average molecular weight is 604 g/mol. The van der Waals surface area contributed by atoms with E-state index in [4.69, 9.17) is 27.9 Å². The molecule has 40 heavy (non-hydrogen) atoms. The van der Waals surface area contributed by atoms with Crippen molar-refractivity contribution in [2.45, 2.75) is 70.2 Å². The number of alkyl halides is 3. The molecule has 0 unspecified atom stereocenters. The first-order chi connectivity index (χ1) is 18.7. The van der Waals surface area contributed by atoms with Crippen molar-refractivity contribution in [3.63, 3.8) is 0 Å². The summed E-state index contributed by atoms with van der Waals surface area (Å²) >= 11 is 12.4. The Bertz CT molecular complexity index is 1280. The number of rotatable bonds is 8. The lowest BCUT2D eigenvalue weighted by molar-refractivity contribution is -0.152. The fourth-order valence-electron chi connectivity index (χ4n) is 5.53. The van der Waals surface area contributed by atoms with Crippen molar-refractivity contribution in [1.82, 2.24) is 14.7 Å². The molecule has 1 aliphatic carbocycles. The molecule has 0 bridgehead atoms. The van der Waals surface area contributed by atoms with Gasteiger partial charge in [-0.05, 0) is 64.5 Å². The van der Waals surface area contributed by atoms with Crippen molar-refractivity contribution < 1.29 is 37.4 Å². The maximum Gasteiger partial charge on any atom is 0.433 e. The summed E-state index contributed by atoms with van der Waals surface area (Å²) in [5.74, 6) is -2.66. The minimum absolute atomic E-state index is 0.0310. The maximum atomic E-state index is 14.5. The van der Waals surface area contributed by atoms with E-state index in [1.807, 2.05) is 0 Å². The highest BCUT2D eigenvalue weighted by Gasteiger charge is 2.46. The van der Waals surface area contributed by atoms with Gasteiger partial charge in [-0.25, -0.2) is 0 Å². The number of aromatic nitrogens is 2. The summed E-state index contributed by atoms with van der Waals surface area (Å²) in [5, 5.41) is 13.6. The molecule has 1 saturated carbocycles. The van der Waals surface area contributed by atoms with Gasteiger partial charge in [0.15, 0.2) is 11.5 Å². The van der Waals surface area contributed by atoms with Crippen LogP contribution in [0, 0.1) is 5.41 Å². The molecule has 4 rings (SSSR count). The number of carbonyl (C=O) groups excluding carboxylic acids is 2. The summed E-state index contributed by atoms with van der Waals surface area (Å²) < 4.78 is 50.0. The van der Waals surface area contributed by atoms with Gasteiger partial charge in [-0.2, -0.15) is 18.3 Å². The van der Waals surface area contributed by atoms with Gasteiger partial charge in [-0.15, -0.1) is 0 Å². The molecule has 1 atom stereocenters. The number of hydrogen-bond donors (Lipinski definition) is 1. The number of carbonyl (C=O) groups is 3. The zero-order valence-corrected chi connectivity index (χ0v) is 23.6. The fourth-order valence-corrected chi connectivity index (χ4v) is 6.14. The standard InChI is InChI=1S/C27H30Cl2F3N3O5/c1-25(24(38)39)10-7-16(8-11-25)35-22(27(30,31)32)17(13-33-35)23(37)34(15-26(2)9-4-12-40-26)14-20(36)21-18(28)5-3-6-19(21)29/h3,5-6,13,16H,4,7-12,14-15H2,1-2H3,(H,38,39)/t16-,25-,26-/m1/s1. The normalized spacial score (nSPS) is 25.1. The van der Waals surface area contributed by atoms with E-state index in [0.717, 1.165) is 15.8 Å². The summed E-state index contributed by atoms with van der Waals surface area (Å²) in [5.41, 5.74) is -3.85. The SMILES string of the molecule is C[C@]1(CN(CC(=O)c2c(Cl)cccc2Cl)C(=O)c2cnn([C@H]3CC[C@](C)(C(=O)O)CC3)c2C(F)(F)F)CCCO1. The number of carboxylic acid groups (broad SMARTS) is 1. The minimum Gasteiger partial charge on any atom is -0.481 e. The molecule has 1 aromatic heterocycles. The number of nitrogens with zero attached hydrogens (tertiary/aromatic N) is 3. The molecule has 1 N–H and O–H groups in total. The minimum atomic E-state index is -4.94. The second-order valence-electron chi connectivity index (χ2n) is 11.0. The van der Waals surface area contributed by atoms with Crippen LogP contribution >= 0.6 is 23.2 Å². The highest BCUT2D eigenvalue weighted by molar-refractivity contribution is 6.40. The molecule has 1 saturated heterocycles. The largest absolute Gasteiger partial charge is 0.481 e. The van der Waals surface area contributed by atoms with Crippen LogP contribution in [0.15, 0.2) is 24.4 Å². The van der Waals surface area contributed by atoms with E-state index < -0.39 is 58.7 Å². The first-order valence-corrected chi connectivity index (χ1v) is 13.7. The predicted molar refractivity (Wildman–Crippen MR) is 141 cm³/mol. The van der Waals surface area contributed by atoms with Gasteiger partial charge in [0.2, 0.25) is 0 Å². The highest BCUT2D eigenvalue weighted by Crippen LogP contribution is 2.43. The highest BCUT2D eigenvalue weighted by atomic mass is 35.5. The number of ketones is 1. The Morgan fingerprint density at radius 1 is 1.15 bits per heavy atom. The summed E-state index contributed by atoms with van der Waals surface area (Å²) in [6.07, 6.45) is -2.18. The van der Waals surface area contributed by atoms with Crippen LogP contribution in [0.1, 0.15) is 84.8 Å². The zero-order chi connectivity index (χ0) is 29.5. The van der Waals surface area contributed by atoms with Crippen LogP contribution in [0.5, 0.6) is 0 Å². The Morgan fingerprint density at radius 2 is 1.77 bits per heavy atom. The Balaban J connectivity index is 1.69. The van der Waals surface area contributed by atoms with Crippen LogP contribution in [0.4, 0.5) is 13.2 Å². The van der Waals surface area contributed by atoms with Gasteiger partial charge >= 0.3 is 12.1 Å². The van der Waals surface area contributed by atoms with Crippen molar-refractivity contribution >= 4 is 40.9 Å². The number of benzene rings is 1. The summed E-state index contributed by atoms with van der Waals surface area (Å²) in [4.78, 5) is 39.7. The van der Waals surface area contributed by atoms with E-state index in [1.54, 1.807) is 19.9 Å². The van der Waals surface area contributed by atoms with Crippen LogP contribution in [-0.2, 0) is 15.7 Å². The third-order valence-electron chi connectivity index (χ3n) is 7.90. The van der Waals surface area contributed by atoms with Gasteiger partial charge in [0.05, 0.1) is 57.5 Å². The molecule has 0 radical (unpaired) electrons. The number of ether oxygens (including phenoxy) is 1. The van der Waals surface area contributed by atoms with Crippen LogP contribution in [0.3, 0.4) is 0 Å². The third-order valence-corrected chi connectivity index (χ3v) is 8.53. The summed E-state index contributed by atoms with van der Waals surface area (Å²) in [6, 6.07) is 3.73. The van der Waals surface area contributed by atoms with Crippen LogP contribution in [0.25, 0.3) is 0 Å². The molecule has 2 fully saturated rings. The third kappa shape index (κ3) is 6.16. The van der Waals surface area contributed by atoms with Gasteiger partial charge in [-0.1, -0.05) is 29.3 Å². The molecule has 2 aliphatic rings. The molecule has 0 spiro atoms. The number of hydrogen-bond acceptors (Lipinski definition) is 5. The van der Waals surface area contributed by atoms with Gasteiger partial charge < -0.3 is 14.7 Å². The van der Waals surface area contributed by atoms with Crippen molar-refractivity contribution in [2.24, 2.45) is 5.41 Å². The number of carboxylic acids is 1. The van der Waals surface area contributed by atoms with E-state index in [-0.39, 0.29) is 47.8 Å². The first kappa shape index (κ1) is 30.3. The Kier molecular flexibility index (Phi) is 8.59. The van der Waals surface area contributed by atoms with Gasteiger partial charge in [0.1, 0.15) is 0 Å². The van der Waals surface area contributed by atoms with Crippen molar-refractivity contribution in [2.75, 3.05) is 19.7 Å². The van der Waals surface area contributed by atoms with Crippen molar-refractivity contribution in [3.8, 4) is 0 Å². The number of Topliss-reactive ketones (excluding diaryl/α,β-unsaturated/α-hetero) is 1. The lowest BCUT2D eigenvalue weighted by atomic mass is 9.74. The number of halogens is 5. The Morgan fingerprint density at radius 3 is 2.30 bits per heavy atom. The van der Waals surface area contributed by atoms with E-state index in [9.17, 15) is 32.7 Å². The second kappa shape index (κ2) is 11.3. The second-order valence-corrected chi connectivity index (χ2v) is 11.8. The predicted octanol–water partition coefficient (Wildman–Crippen LogP) is 6.31. The topological polar surface area (TPSA) is 102 Å². The molecule has 8 nitrogen and oxygen atoms in total. The average Bonchev–Trinajstić information content (AvgIpc) is 3.50. The van der Waals surface area contributed by atoms with Crippen molar-refractivity contribution in [1.29, 1.82) is 0 Å². The summed E-state index contributed by atoms with van der Waals surface area (Å²) in [6.45, 7) is 3.01. The summed E-state index contributed by atoms with van der Waals surface area (Å²) in [7, 11) is 0. The smallest absolute Gasteiger partial charge is 0.433 e. The molecule has 1 amide bonds. The van der Waals surface area contributed by atoms with E-state index in [0.29, 0.717) is 19.4 Å². The molecule has 218 valence electrons. The van der Waals surface area contributed by atoms with Gasteiger partial charge in [-0.3, -0.25) is 19.1 Å².